The van der Waals surface area contributed by atoms with Crippen molar-refractivity contribution in [2.45, 2.75) is 31.9 Å². The topological polar surface area (TPSA) is 46.4 Å². The van der Waals surface area contributed by atoms with Crippen LogP contribution in [-0.2, 0) is 6.18 Å². The predicted molar refractivity (Wildman–Crippen MR) is 73.8 cm³/mol. The maximum absolute atomic E-state index is 12.8. The number of nitro groups is 1. The summed E-state index contributed by atoms with van der Waals surface area (Å²) in [5, 5.41) is 10.6. The molecule has 1 saturated heterocycles. The van der Waals surface area contributed by atoms with Crippen LogP contribution in [0.5, 0.6) is 0 Å². The Bertz CT molecular complexity index is 541. The first-order chi connectivity index (χ1) is 9.80. The maximum atomic E-state index is 12.8. The number of nitro benzene ring substituents is 1. The molecule has 1 fully saturated rings. The van der Waals surface area contributed by atoms with E-state index in [2.05, 4.69) is 0 Å². The molecule has 0 aromatic heterocycles. The second-order valence-electron chi connectivity index (χ2n) is 4.98. The van der Waals surface area contributed by atoms with E-state index in [0.717, 1.165) is 31.7 Å². The summed E-state index contributed by atoms with van der Waals surface area (Å²) in [5.74, 6) is 0. The minimum absolute atomic E-state index is 0.167. The van der Waals surface area contributed by atoms with Crippen LogP contribution in [0, 0.1) is 10.1 Å². The monoisotopic (exact) mass is 322 g/mol. The van der Waals surface area contributed by atoms with E-state index in [1.165, 1.54) is 0 Å². The van der Waals surface area contributed by atoms with Crippen LogP contribution >= 0.6 is 11.6 Å². The zero-order chi connectivity index (χ0) is 15.6. The molecule has 1 aliphatic heterocycles. The molecule has 1 aliphatic rings. The van der Waals surface area contributed by atoms with Gasteiger partial charge in [-0.1, -0.05) is 24.4 Å². The fourth-order valence-electron chi connectivity index (χ4n) is 2.48. The molecule has 0 bridgehead atoms. The van der Waals surface area contributed by atoms with Crippen molar-refractivity contribution in [3.8, 4) is 0 Å². The van der Waals surface area contributed by atoms with E-state index >= 15 is 0 Å². The molecular formula is C13H14ClF3N2O2. The van der Waals surface area contributed by atoms with Gasteiger partial charge in [0.05, 0.1) is 15.5 Å². The largest absolute Gasteiger partial charge is 0.418 e. The van der Waals surface area contributed by atoms with Crippen molar-refractivity contribution in [2.75, 3.05) is 18.0 Å². The summed E-state index contributed by atoms with van der Waals surface area (Å²) >= 11 is 5.68. The zero-order valence-electron chi connectivity index (χ0n) is 11.1. The number of halogens is 4. The van der Waals surface area contributed by atoms with Gasteiger partial charge >= 0.3 is 6.18 Å². The van der Waals surface area contributed by atoms with Crippen molar-refractivity contribution in [3.63, 3.8) is 0 Å². The van der Waals surface area contributed by atoms with E-state index in [0.29, 0.717) is 19.2 Å². The van der Waals surface area contributed by atoms with E-state index in [9.17, 15) is 23.3 Å². The molecule has 0 radical (unpaired) electrons. The van der Waals surface area contributed by atoms with Crippen molar-refractivity contribution in [1.29, 1.82) is 0 Å². The van der Waals surface area contributed by atoms with Crippen LogP contribution in [0.15, 0.2) is 12.1 Å². The van der Waals surface area contributed by atoms with Crippen molar-refractivity contribution < 1.29 is 18.1 Å². The van der Waals surface area contributed by atoms with E-state index in [1.54, 1.807) is 4.90 Å². The lowest BCUT2D eigenvalue weighted by Crippen LogP contribution is -2.25. The van der Waals surface area contributed by atoms with Gasteiger partial charge in [-0.05, 0) is 18.9 Å². The highest BCUT2D eigenvalue weighted by Crippen LogP contribution is 2.41. The van der Waals surface area contributed by atoms with Crippen LogP contribution in [0.1, 0.15) is 31.2 Å². The molecule has 2 rings (SSSR count). The quantitative estimate of drug-likeness (QED) is 0.588. The number of hydrogen-bond acceptors (Lipinski definition) is 3. The van der Waals surface area contributed by atoms with Crippen molar-refractivity contribution >= 4 is 23.0 Å². The summed E-state index contributed by atoms with van der Waals surface area (Å²) in [6.45, 7) is 1.17. The maximum Gasteiger partial charge on any atom is 0.418 e. The van der Waals surface area contributed by atoms with Crippen molar-refractivity contribution in [3.05, 3.63) is 32.8 Å². The third kappa shape index (κ3) is 3.58. The minimum Gasteiger partial charge on any atom is -0.366 e. The smallest absolute Gasteiger partial charge is 0.366 e. The van der Waals surface area contributed by atoms with E-state index in [4.69, 9.17) is 11.6 Å². The summed E-state index contributed by atoms with van der Waals surface area (Å²) < 4.78 is 38.4. The highest BCUT2D eigenvalue weighted by molar-refractivity contribution is 6.31. The molecule has 1 aromatic carbocycles. The standard InChI is InChI=1S/C13H14ClF3N2O2/c14-10-8-11(18-5-3-1-2-4-6-18)12(19(20)21)7-9(10)13(15,16)17/h7-8H,1-6H2. The Morgan fingerprint density at radius 2 is 1.71 bits per heavy atom. The second-order valence-corrected chi connectivity index (χ2v) is 5.38. The molecule has 1 heterocycles. The molecule has 0 amide bonds. The van der Waals surface area contributed by atoms with Gasteiger partial charge in [0.1, 0.15) is 5.69 Å². The van der Waals surface area contributed by atoms with Gasteiger partial charge in [0, 0.05) is 19.2 Å². The van der Waals surface area contributed by atoms with E-state index in [-0.39, 0.29) is 5.69 Å². The average Bonchev–Trinajstić information content (AvgIpc) is 2.65. The average molecular weight is 323 g/mol. The SMILES string of the molecule is O=[N+]([O-])c1cc(C(F)(F)F)c(Cl)cc1N1CCCCCC1. The van der Waals surface area contributed by atoms with Crippen LogP contribution in [0.4, 0.5) is 24.5 Å². The van der Waals surface area contributed by atoms with Crippen molar-refractivity contribution in [1.82, 2.24) is 0 Å². The second kappa shape index (κ2) is 6.09. The lowest BCUT2D eigenvalue weighted by Gasteiger charge is -2.23. The lowest BCUT2D eigenvalue weighted by molar-refractivity contribution is -0.384. The predicted octanol–water partition coefficient (Wildman–Crippen LogP) is 4.65. The van der Waals surface area contributed by atoms with Gasteiger partial charge in [0.2, 0.25) is 0 Å². The number of alkyl halides is 3. The lowest BCUT2D eigenvalue weighted by atomic mass is 10.1. The number of hydrogen-bond donors (Lipinski definition) is 0. The van der Waals surface area contributed by atoms with Crippen LogP contribution in [0.25, 0.3) is 0 Å². The Hall–Kier alpha value is -1.50. The third-order valence-corrected chi connectivity index (χ3v) is 3.83. The summed E-state index contributed by atoms with van der Waals surface area (Å²) in [7, 11) is 0. The molecule has 21 heavy (non-hydrogen) atoms. The van der Waals surface area contributed by atoms with Gasteiger partial charge in [-0.15, -0.1) is 0 Å². The van der Waals surface area contributed by atoms with Crippen molar-refractivity contribution in [2.24, 2.45) is 0 Å². The Morgan fingerprint density at radius 1 is 1.14 bits per heavy atom. The molecular weight excluding hydrogens is 309 g/mol. The summed E-state index contributed by atoms with van der Waals surface area (Å²) in [6, 6.07) is 1.59. The molecule has 0 saturated carbocycles. The van der Waals surface area contributed by atoms with Gasteiger partial charge in [-0.3, -0.25) is 10.1 Å². The summed E-state index contributed by atoms with van der Waals surface area (Å²) in [5.41, 5.74) is -1.55. The van der Waals surface area contributed by atoms with Crippen LogP contribution < -0.4 is 4.90 Å². The summed E-state index contributed by atoms with van der Waals surface area (Å²) in [4.78, 5) is 12.1. The molecule has 0 unspecified atom stereocenters. The Kier molecular flexibility index (Phi) is 4.61. The first kappa shape index (κ1) is 15.9. The molecule has 1 aromatic rings. The molecule has 0 N–H and O–H groups in total. The first-order valence-corrected chi connectivity index (χ1v) is 6.98. The van der Waals surface area contributed by atoms with Gasteiger partial charge in [-0.25, -0.2) is 0 Å². The molecule has 116 valence electrons. The molecule has 0 spiro atoms. The molecule has 4 nitrogen and oxygen atoms in total. The van der Waals surface area contributed by atoms with Gasteiger partial charge < -0.3 is 4.90 Å². The van der Waals surface area contributed by atoms with Crippen LogP contribution in [0.3, 0.4) is 0 Å². The highest BCUT2D eigenvalue weighted by Gasteiger charge is 2.36. The van der Waals surface area contributed by atoms with E-state index in [1.807, 2.05) is 0 Å². The summed E-state index contributed by atoms with van der Waals surface area (Å²) in [6.07, 6.45) is -0.970. The Balaban J connectivity index is 2.49. The molecule has 0 aliphatic carbocycles. The van der Waals surface area contributed by atoms with Gasteiger partial charge in [0.25, 0.3) is 5.69 Å². The normalized spacial score (nSPS) is 16.7. The minimum atomic E-state index is -4.71. The fourth-order valence-corrected chi connectivity index (χ4v) is 2.74. The van der Waals surface area contributed by atoms with Gasteiger partial charge in [0.15, 0.2) is 0 Å². The van der Waals surface area contributed by atoms with Crippen LogP contribution in [0.2, 0.25) is 5.02 Å². The Labute approximate surface area is 124 Å². The number of rotatable bonds is 2. The fraction of sp³-hybridized carbons (Fsp3) is 0.538. The van der Waals surface area contributed by atoms with Gasteiger partial charge in [-0.2, -0.15) is 13.2 Å². The first-order valence-electron chi connectivity index (χ1n) is 6.61. The van der Waals surface area contributed by atoms with E-state index < -0.39 is 27.4 Å². The number of anilines is 1. The van der Waals surface area contributed by atoms with Crippen LogP contribution in [-0.4, -0.2) is 18.0 Å². The highest BCUT2D eigenvalue weighted by atomic mass is 35.5. The number of nitrogens with zero attached hydrogens (tertiary/aromatic N) is 2. The number of benzene rings is 1. The Morgan fingerprint density at radius 3 is 2.19 bits per heavy atom. The zero-order valence-corrected chi connectivity index (χ0v) is 11.9. The molecule has 0 atom stereocenters. The molecule has 8 heteroatoms. The third-order valence-electron chi connectivity index (χ3n) is 3.51.